The number of nitrogens with one attached hydrogen (secondary N) is 1. The number of carboxylic acid groups (broad SMARTS) is 1. The van der Waals surface area contributed by atoms with Crippen molar-refractivity contribution in [2.45, 2.75) is 38.1 Å². The van der Waals surface area contributed by atoms with Gasteiger partial charge in [0.05, 0.1) is 25.7 Å². The van der Waals surface area contributed by atoms with Gasteiger partial charge in [0, 0.05) is 5.56 Å². The Kier molecular flexibility index (Phi) is 6.71. The summed E-state index contributed by atoms with van der Waals surface area (Å²) in [6.07, 6.45) is 2.74. The molecule has 2 unspecified atom stereocenters. The van der Waals surface area contributed by atoms with Gasteiger partial charge in [-0.3, -0.25) is 14.4 Å². The number of amides is 2. The van der Waals surface area contributed by atoms with Crippen LogP contribution in [0, 0.1) is 5.92 Å². The van der Waals surface area contributed by atoms with E-state index in [1.807, 2.05) is 0 Å². The second kappa shape index (κ2) is 8.81. The smallest absolute Gasteiger partial charge is 0.308 e. The molecule has 1 fully saturated rings. The normalized spacial score (nSPS) is 21.5. The second-order valence-corrected chi connectivity index (χ2v) is 6.97. The number of aliphatic carboxylic acids is 1. The number of hydrogen-bond donors (Lipinski definition) is 3. The summed E-state index contributed by atoms with van der Waals surface area (Å²) in [5.74, 6) is -2.18. The van der Waals surface area contributed by atoms with Gasteiger partial charge in [-0.2, -0.15) is 0 Å². The molecule has 1 aromatic carbocycles. The Labute approximate surface area is 163 Å². The lowest BCUT2D eigenvalue weighted by molar-refractivity contribution is -0.145. The van der Waals surface area contributed by atoms with Gasteiger partial charge < -0.3 is 30.4 Å². The lowest BCUT2D eigenvalue weighted by atomic mass is 9.73. The molecule has 2 rings (SSSR count). The fourth-order valence-corrected chi connectivity index (χ4v) is 3.51. The van der Waals surface area contributed by atoms with E-state index in [-0.39, 0.29) is 29.4 Å². The molecule has 2 atom stereocenters. The van der Waals surface area contributed by atoms with Crippen LogP contribution < -0.4 is 25.3 Å². The molecule has 28 heavy (non-hydrogen) atoms. The van der Waals surface area contributed by atoms with E-state index in [0.29, 0.717) is 12.8 Å². The highest BCUT2D eigenvalue weighted by Crippen LogP contribution is 2.39. The van der Waals surface area contributed by atoms with Gasteiger partial charge in [0.15, 0.2) is 18.1 Å². The number of hydrogen-bond acceptors (Lipinski definition) is 6. The number of methoxy groups -OCH3 is 2. The Morgan fingerprint density at radius 3 is 2.32 bits per heavy atom. The van der Waals surface area contributed by atoms with E-state index in [9.17, 15) is 19.5 Å². The van der Waals surface area contributed by atoms with E-state index < -0.39 is 29.2 Å². The van der Waals surface area contributed by atoms with Crippen LogP contribution in [0.15, 0.2) is 12.1 Å². The summed E-state index contributed by atoms with van der Waals surface area (Å²) in [5, 5.41) is 12.4. The van der Waals surface area contributed by atoms with Gasteiger partial charge in [-0.25, -0.2) is 0 Å². The molecule has 0 aliphatic heterocycles. The van der Waals surface area contributed by atoms with Crippen LogP contribution in [0.1, 0.15) is 43.0 Å². The number of ether oxygens (including phenoxy) is 3. The molecule has 154 valence electrons. The molecule has 0 heterocycles. The number of primary amides is 1. The molecule has 0 aromatic heterocycles. The Balaban J connectivity index is 2.32. The highest BCUT2D eigenvalue weighted by Gasteiger charge is 2.42. The summed E-state index contributed by atoms with van der Waals surface area (Å²) in [5.41, 5.74) is 4.46. The molecule has 2 amide bonds. The standard InChI is InChI=1S/C19H26N2O7/c1-19(7-5-4-6-12(19)18(24)25)21-17(23)11-8-13(26-2)16(14(9-11)27-3)28-10-15(20)22/h8-9,12H,4-7,10H2,1-3H3,(H2,20,22)(H,21,23)(H,24,25). The molecule has 1 aliphatic rings. The average Bonchev–Trinajstić information content (AvgIpc) is 2.65. The molecule has 1 saturated carbocycles. The van der Waals surface area contributed by atoms with E-state index in [1.165, 1.54) is 26.4 Å². The quantitative estimate of drug-likeness (QED) is 0.605. The molecule has 9 heteroatoms. The van der Waals surface area contributed by atoms with Crippen molar-refractivity contribution in [3.05, 3.63) is 17.7 Å². The SMILES string of the molecule is COc1cc(C(=O)NC2(C)CCCCC2C(=O)O)cc(OC)c1OCC(N)=O. The van der Waals surface area contributed by atoms with Crippen LogP contribution in [-0.2, 0) is 9.59 Å². The van der Waals surface area contributed by atoms with Gasteiger partial charge in [0.25, 0.3) is 11.8 Å². The molecule has 9 nitrogen and oxygen atoms in total. The topological polar surface area (TPSA) is 137 Å². The lowest BCUT2D eigenvalue weighted by Gasteiger charge is -2.39. The van der Waals surface area contributed by atoms with Gasteiger partial charge in [0.2, 0.25) is 5.75 Å². The van der Waals surface area contributed by atoms with E-state index in [0.717, 1.165) is 12.8 Å². The maximum Gasteiger partial charge on any atom is 0.308 e. The monoisotopic (exact) mass is 394 g/mol. The number of benzene rings is 1. The summed E-state index contributed by atoms with van der Waals surface area (Å²) in [6, 6.07) is 2.88. The van der Waals surface area contributed by atoms with Crippen molar-refractivity contribution in [2.75, 3.05) is 20.8 Å². The van der Waals surface area contributed by atoms with Crippen molar-refractivity contribution >= 4 is 17.8 Å². The number of rotatable bonds is 8. The third-order valence-corrected chi connectivity index (χ3v) is 4.99. The molecule has 0 spiro atoms. The molecule has 0 radical (unpaired) electrons. The zero-order valence-electron chi connectivity index (χ0n) is 16.2. The average molecular weight is 394 g/mol. The molecular formula is C19H26N2O7. The Morgan fingerprint density at radius 2 is 1.82 bits per heavy atom. The van der Waals surface area contributed by atoms with Crippen molar-refractivity contribution in [1.29, 1.82) is 0 Å². The van der Waals surface area contributed by atoms with Gasteiger partial charge in [0.1, 0.15) is 0 Å². The molecule has 0 bridgehead atoms. The Morgan fingerprint density at radius 1 is 1.21 bits per heavy atom. The molecule has 1 aliphatic carbocycles. The number of nitrogens with two attached hydrogens (primary N) is 1. The van der Waals surface area contributed by atoms with Crippen LogP contribution in [0.2, 0.25) is 0 Å². The summed E-state index contributed by atoms with van der Waals surface area (Å²) in [7, 11) is 2.77. The van der Waals surface area contributed by atoms with Crippen molar-refractivity contribution in [2.24, 2.45) is 11.7 Å². The zero-order chi connectivity index (χ0) is 20.9. The van der Waals surface area contributed by atoms with Crippen molar-refractivity contribution in [3.8, 4) is 17.2 Å². The third-order valence-electron chi connectivity index (χ3n) is 4.99. The maximum absolute atomic E-state index is 12.9. The number of carboxylic acids is 1. The highest BCUT2D eigenvalue weighted by molar-refractivity contribution is 5.96. The molecule has 0 saturated heterocycles. The van der Waals surface area contributed by atoms with Crippen LogP contribution in [-0.4, -0.2) is 49.3 Å². The number of carbonyl (C=O) groups is 3. The lowest BCUT2D eigenvalue weighted by Crippen LogP contribution is -2.55. The van der Waals surface area contributed by atoms with E-state index in [2.05, 4.69) is 5.32 Å². The first-order valence-corrected chi connectivity index (χ1v) is 8.94. The minimum atomic E-state index is -0.923. The minimum Gasteiger partial charge on any atom is -0.493 e. The molecular weight excluding hydrogens is 368 g/mol. The third kappa shape index (κ3) is 4.65. The summed E-state index contributed by atoms with van der Waals surface area (Å²) in [4.78, 5) is 35.5. The zero-order valence-corrected chi connectivity index (χ0v) is 16.2. The van der Waals surface area contributed by atoms with Gasteiger partial charge in [-0.1, -0.05) is 12.8 Å². The highest BCUT2D eigenvalue weighted by atomic mass is 16.5. The van der Waals surface area contributed by atoms with Crippen molar-refractivity contribution < 1.29 is 33.7 Å². The summed E-state index contributed by atoms with van der Waals surface area (Å²) in [6.45, 7) is 1.37. The minimum absolute atomic E-state index is 0.146. The van der Waals surface area contributed by atoms with Gasteiger partial charge >= 0.3 is 5.97 Å². The van der Waals surface area contributed by atoms with Crippen molar-refractivity contribution in [1.82, 2.24) is 5.32 Å². The van der Waals surface area contributed by atoms with E-state index in [4.69, 9.17) is 19.9 Å². The van der Waals surface area contributed by atoms with Crippen LogP contribution in [0.4, 0.5) is 0 Å². The first-order chi connectivity index (χ1) is 13.2. The molecule has 1 aromatic rings. The number of carbonyl (C=O) groups excluding carboxylic acids is 2. The van der Waals surface area contributed by atoms with Gasteiger partial charge in [-0.05, 0) is 31.9 Å². The van der Waals surface area contributed by atoms with E-state index in [1.54, 1.807) is 6.92 Å². The van der Waals surface area contributed by atoms with Crippen LogP contribution in [0.25, 0.3) is 0 Å². The summed E-state index contributed by atoms with van der Waals surface area (Å²) >= 11 is 0. The van der Waals surface area contributed by atoms with Crippen molar-refractivity contribution in [3.63, 3.8) is 0 Å². The second-order valence-electron chi connectivity index (χ2n) is 6.97. The maximum atomic E-state index is 12.9. The Hall–Kier alpha value is -2.97. The molecule has 4 N–H and O–H groups in total. The summed E-state index contributed by atoms with van der Waals surface area (Å²) < 4.78 is 15.8. The fourth-order valence-electron chi connectivity index (χ4n) is 3.51. The first kappa shape index (κ1) is 21.3. The van der Waals surface area contributed by atoms with E-state index >= 15 is 0 Å². The fraction of sp³-hybridized carbons (Fsp3) is 0.526. The predicted molar refractivity (Wildman–Crippen MR) is 99.7 cm³/mol. The first-order valence-electron chi connectivity index (χ1n) is 8.94. The largest absolute Gasteiger partial charge is 0.493 e. The van der Waals surface area contributed by atoms with Gasteiger partial charge in [-0.15, -0.1) is 0 Å². The van der Waals surface area contributed by atoms with Crippen LogP contribution >= 0.6 is 0 Å². The Bertz CT molecular complexity index is 740. The predicted octanol–water partition coefficient (Wildman–Crippen LogP) is 1.33. The van der Waals surface area contributed by atoms with Crippen LogP contribution in [0.3, 0.4) is 0 Å². The van der Waals surface area contributed by atoms with Crippen LogP contribution in [0.5, 0.6) is 17.2 Å².